The van der Waals surface area contributed by atoms with Crippen LogP contribution in [0.2, 0.25) is 0 Å². The zero-order valence-electron chi connectivity index (χ0n) is 8.96. The predicted octanol–water partition coefficient (Wildman–Crippen LogP) is 0.251. The number of carboxylic acid groups (broad SMARTS) is 2. The Labute approximate surface area is 97.3 Å². The Morgan fingerprint density at radius 1 is 1.47 bits per heavy atom. The Morgan fingerprint density at radius 3 is 2.71 bits per heavy atom. The van der Waals surface area contributed by atoms with Crippen molar-refractivity contribution >= 4 is 23.3 Å². The van der Waals surface area contributed by atoms with E-state index in [1.165, 1.54) is 12.4 Å². The third-order valence-corrected chi connectivity index (χ3v) is 2.16. The standard InChI is InChI=1S/C10H13N3O4/c11-7-5-12-2-1-8(7)13-4-6(10(16)17)3-9(14)15/h1-2,5-6H,3-4,11H2,(H,12,13)(H,14,15)(H,16,17). The van der Waals surface area contributed by atoms with Crippen LogP contribution in [-0.2, 0) is 9.59 Å². The van der Waals surface area contributed by atoms with Crippen LogP contribution in [0.1, 0.15) is 6.42 Å². The molecule has 0 amide bonds. The average molecular weight is 239 g/mol. The van der Waals surface area contributed by atoms with E-state index in [9.17, 15) is 9.59 Å². The van der Waals surface area contributed by atoms with Crippen molar-refractivity contribution in [2.45, 2.75) is 6.42 Å². The van der Waals surface area contributed by atoms with Gasteiger partial charge in [0.2, 0.25) is 0 Å². The van der Waals surface area contributed by atoms with Crippen LogP contribution in [0.25, 0.3) is 0 Å². The highest BCUT2D eigenvalue weighted by Gasteiger charge is 2.20. The molecule has 1 aromatic heterocycles. The van der Waals surface area contributed by atoms with E-state index in [0.717, 1.165) is 0 Å². The maximum Gasteiger partial charge on any atom is 0.308 e. The summed E-state index contributed by atoms with van der Waals surface area (Å²) in [7, 11) is 0. The molecule has 1 heterocycles. The van der Waals surface area contributed by atoms with Crippen LogP contribution in [0.15, 0.2) is 18.5 Å². The van der Waals surface area contributed by atoms with Crippen LogP contribution >= 0.6 is 0 Å². The minimum absolute atomic E-state index is 0.00412. The predicted molar refractivity (Wildman–Crippen MR) is 60.5 cm³/mol. The lowest BCUT2D eigenvalue weighted by molar-refractivity contribution is -0.147. The van der Waals surface area contributed by atoms with Crippen LogP contribution in [0.4, 0.5) is 11.4 Å². The summed E-state index contributed by atoms with van der Waals surface area (Å²) < 4.78 is 0. The van der Waals surface area contributed by atoms with Gasteiger partial charge in [0.1, 0.15) is 0 Å². The van der Waals surface area contributed by atoms with Crippen LogP contribution in [0.3, 0.4) is 0 Å². The highest BCUT2D eigenvalue weighted by molar-refractivity contribution is 5.78. The number of aromatic nitrogens is 1. The number of anilines is 2. The molecule has 0 aliphatic carbocycles. The molecule has 1 aromatic rings. The minimum atomic E-state index is -1.16. The first kappa shape index (κ1) is 12.8. The van der Waals surface area contributed by atoms with Crippen LogP contribution < -0.4 is 11.1 Å². The number of carboxylic acids is 2. The molecule has 0 saturated carbocycles. The molecule has 7 heteroatoms. The van der Waals surface area contributed by atoms with Crippen molar-refractivity contribution in [1.82, 2.24) is 4.98 Å². The van der Waals surface area contributed by atoms with Gasteiger partial charge in [-0.3, -0.25) is 14.6 Å². The average Bonchev–Trinajstić information content (AvgIpc) is 2.25. The fourth-order valence-corrected chi connectivity index (χ4v) is 1.26. The number of nitrogens with one attached hydrogen (secondary N) is 1. The van der Waals surface area contributed by atoms with Gasteiger partial charge in [0.25, 0.3) is 0 Å². The molecule has 17 heavy (non-hydrogen) atoms. The van der Waals surface area contributed by atoms with E-state index in [2.05, 4.69) is 10.3 Å². The largest absolute Gasteiger partial charge is 0.481 e. The molecular weight excluding hydrogens is 226 g/mol. The molecule has 0 aromatic carbocycles. The van der Waals surface area contributed by atoms with Gasteiger partial charge in [-0.25, -0.2) is 0 Å². The van der Waals surface area contributed by atoms with Gasteiger partial charge >= 0.3 is 11.9 Å². The van der Waals surface area contributed by atoms with Crippen LogP contribution in [0.5, 0.6) is 0 Å². The summed E-state index contributed by atoms with van der Waals surface area (Å²) in [5, 5.41) is 20.2. The van der Waals surface area contributed by atoms with Crippen LogP contribution in [0, 0.1) is 5.92 Å². The van der Waals surface area contributed by atoms with Crippen molar-refractivity contribution in [2.75, 3.05) is 17.6 Å². The first-order valence-corrected chi connectivity index (χ1v) is 4.88. The van der Waals surface area contributed by atoms with E-state index in [1.807, 2.05) is 0 Å². The van der Waals surface area contributed by atoms with Crippen molar-refractivity contribution in [2.24, 2.45) is 5.92 Å². The first-order valence-electron chi connectivity index (χ1n) is 4.88. The maximum absolute atomic E-state index is 10.8. The van der Waals surface area contributed by atoms with Crippen LogP contribution in [-0.4, -0.2) is 33.7 Å². The second-order valence-electron chi connectivity index (χ2n) is 3.48. The Kier molecular flexibility index (Phi) is 4.27. The number of carbonyl (C=O) groups is 2. The Morgan fingerprint density at radius 2 is 2.18 bits per heavy atom. The van der Waals surface area contributed by atoms with E-state index in [-0.39, 0.29) is 6.54 Å². The SMILES string of the molecule is Nc1cnccc1NCC(CC(=O)O)C(=O)O. The van der Waals surface area contributed by atoms with E-state index in [1.54, 1.807) is 6.07 Å². The summed E-state index contributed by atoms with van der Waals surface area (Å²) in [6.45, 7) is -0.00412. The first-order chi connectivity index (χ1) is 8.00. The highest BCUT2D eigenvalue weighted by Crippen LogP contribution is 2.16. The quantitative estimate of drug-likeness (QED) is 0.560. The number of hydrogen-bond acceptors (Lipinski definition) is 5. The lowest BCUT2D eigenvalue weighted by Crippen LogP contribution is -2.25. The summed E-state index contributed by atoms with van der Waals surface area (Å²) in [5.74, 6) is -3.31. The smallest absolute Gasteiger partial charge is 0.308 e. The fraction of sp³-hybridized carbons (Fsp3) is 0.300. The van der Waals surface area contributed by atoms with Crippen molar-refractivity contribution in [3.63, 3.8) is 0 Å². The zero-order chi connectivity index (χ0) is 12.8. The molecule has 0 saturated heterocycles. The van der Waals surface area contributed by atoms with Crippen molar-refractivity contribution in [1.29, 1.82) is 0 Å². The molecule has 7 nitrogen and oxygen atoms in total. The molecule has 0 bridgehead atoms. The lowest BCUT2D eigenvalue weighted by Gasteiger charge is -2.13. The molecule has 0 radical (unpaired) electrons. The number of rotatable bonds is 6. The molecule has 92 valence electrons. The number of pyridine rings is 1. The Bertz CT molecular complexity index is 422. The van der Waals surface area contributed by atoms with Gasteiger partial charge in [-0.1, -0.05) is 0 Å². The van der Waals surface area contributed by atoms with Gasteiger partial charge in [-0.15, -0.1) is 0 Å². The number of nitrogens with two attached hydrogens (primary N) is 1. The molecule has 1 unspecified atom stereocenters. The number of aliphatic carboxylic acids is 2. The topological polar surface area (TPSA) is 126 Å². The van der Waals surface area contributed by atoms with Crippen molar-refractivity contribution in [3.05, 3.63) is 18.5 Å². The molecule has 1 rings (SSSR count). The summed E-state index contributed by atoms with van der Waals surface area (Å²) in [4.78, 5) is 25.0. The van der Waals surface area contributed by atoms with Gasteiger partial charge in [-0.05, 0) is 6.07 Å². The van der Waals surface area contributed by atoms with Crippen molar-refractivity contribution < 1.29 is 19.8 Å². The number of nitrogen functional groups attached to an aromatic ring is 1. The minimum Gasteiger partial charge on any atom is -0.481 e. The van der Waals surface area contributed by atoms with Gasteiger partial charge in [0.05, 0.1) is 29.9 Å². The lowest BCUT2D eigenvalue weighted by atomic mass is 10.1. The molecule has 0 aliphatic rings. The second kappa shape index (κ2) is 5.69. The van der Waals surface area contributed by atoms with E-state index in [0.29, 0.717) is 11.4 Å². The summed E-state index contributed by atoms with van der Waals surface area (Å²) in [6, 6.07) is 1.59. The van der Waals surface area contributed by atoms with Crippen molar-refractivity contribution in [3.8, 4) is 0 Å². The Hall–Kier alpha value is -2.31. The Balaban J connectivity index is 2.61. The molecule has 0 fully saturated rings. The zero-order valence-corrected chi connectivity index (χ0v) is 8.96. The fourth-order valence-electron chi connectivity index (χ4n) is 1.26. The third kappa shape index (κ3) is 3.98. The second-order valence-corrected chi connectivity index (χ2v) is 3.48. The van der Waals surface area contributed by atoms with E-state index < -0.39 is 24.3 Å². The summed E-state index contributed by atoms with van der Waals surface area (Å²) in [5.41, 5.74) is 6.52. The summed E-state index contributed by atoms with van der Waals surface area (Å²) in [6.07, 6.45) is 2.49. The molecule has 0 spiro atoms. The van der Waals surface area contributed by atoms with E-state index in [4.69, 9.17) is 15.9 Å². The van der Waals surface area contributed by atoms with E-state index >= 15 is 0 Å². The van der Waals surface area contributed by atoms with Gasteiger partial charge < -0.3 is 21.3 Å². The molecule has 5 N–H and O–H groups in total. The van der Waals surface area contributed by atoms with Gasteiger partial charge in [0, 0.05) is 12.7 Å². The molecule has 0 aliphatic heterocycles. The number of nitrogens with zero attached hydrogens (tertiary/aromatic N) is 1. The number of hydrogen-bond donors (Lipinski definition) is 4. The monoisotopic (exact) mass is 239 g/mol. The third-order valence-electron chi connectivity index (χ3n) is 2.16. The molecule has 1 atom stereocenters. The summed E-state index contributed by atoms with van der Waals surface area (Å²) >= 11 is 0. The normalized spacial score (nSPS) is 11.8. The van der Waals surface area contributed by atoms with Gasteiger partial charge in [0.15, 0.2) is 0 Å². The highest BCUT2D eigenvalue weighted by atomic mass is 16.4. The maximum atomic E-state index is 10.8. The van der Waals surface area contributed by atoms with Gasteiger partial charge in [-0.2, -0.15) is 0 Å². The molecular formula is C10H13N3O4.